The normalized spacial score (nSPS) is 16.0. The Morgan fingerprint density at radius 2 is 1.74 bits per heavy atom. The van der Waals surface area contributed by atoms with Crippen LogP contribution >= 0.6 is 0 Å². The summed E-state index contributed by atoms with van der Waals surface area (Å²) in [7, 11) is -3.92. The topological polar surface area (TPSA) is 128 Å². The van der Waals surface area contributed by atoms with Gasteiger partial charge in [0.15, 0.2) is 0 Å². The number of amides is 3. The lowest BCUT2D eigenvalue weighted by Gasteiger charge is -2.19. The Hall–Kier alpha value is -3.21. The lowest BCUT2D eigenvalue weighted by atomic mass is 9.92. The monoisotopic (exact) mass is 504 g/mol. The number of carbonyl (C=O) groups is 3. The molecule has 1 aromatic heterocycles. The van der Waals surface area contributed by atoms with Crippen LogP contribution in [-0.4, -0.2) is 48.3 Å². The highest BCUT2D eigenvalue weighted by atomic mass is 32.2. The van der Waals surface area contributed by atoms with Crippen molar-refractivity contribution in [2.24, 2.45) is 5.41 Å². The van der Waals surface area contributed by atoms with E-state index in [1.54, 1.807) is 48.5 Å². The second-order valence-corrected chi connectivity index (χ2v) is 12.1. The van der Waals surface area contributed by atoms with Gasteiger partial charge in [-0.05, 0) is 58.9 Å². The highest BCUT2D eigenvalue weighted by Gasteiger charge is 2.45. The van der Waals surface area contributed by atoms with Crippen LogP contribution in [-0.2, 0) is 30.7 Å². The zero-order valence-electron chi connectivity index (χ0n) is 21.1. The number of imide groups is 1. The highest BCUT2D eigenvalue weighted by Crippen LogP contribution is 2.36. The largest absolute Gasteiger partial charge is 0.444 e. The first-order valence-corrected chi connectivity index (χ1v) is 12.8. The summed E-state index contributed by atoms with van der Waals surface area (Å²) in [6.07, 6.45) is -0.461. The number of hydrogen-bond acceptors (Lipinski definition) is 7. The lowest BCUT2D eigenvalue weighted by molar-refractivity contribution is -0.124. The molecule has 0 saturated carbocycles. The fourth-order valence-electron chi connectivity index (χ4n) is 3.97. The molecule has 35 heavy (non-hydrogen) atoms. The number of rotatable bonds is 6. The van der Waals surface area contributed by atoms with Crippen molar-refractivity contribution in [1.82, 2.24) is 15.1 Å². The summed E-state index contributed by atoms with van der Waals surface area (Å²) >= 11 is 0. The molecule has 3 amide bonds. The van der Waals surface area contributed by atoms with E-state index in [-0.39, 0.29) is 41.1 Å². The number of benzene rings is 1. The Balaban J connectivity index is 1.79. The molecule has 2 heterocycles. The van der Waals surface area contributed by atoms with Gasteiger partial charge in [0.2, 0.25) is 21.7 Å². The highest BCUT2D eigenvalue weighted by molar-refractivity contribution is 7.91. The van der Waals surface area contributed by atoms with Crippen molar-refractivity contribution < 1.29 is 27.5 Å². The number of anilines is 1. The molecule has 1 aromatic carbocycles. The Morgan fingerprint density at radius 3 is 2.26 bits per heavy atom. The number of ether oxygens (including phenoxy) is 1. The molecule has 0 unspecified atom stereocenters. The first kappa shape index (κ1) is 26.4. The summed E-state index contributed by atoms with van der Waals surface area (Å²) in [6, 6.07) is 5.70. The summed E-state index contributed by atoms with van der Waals surface area (Å²) in [5.41, 5.74) is -0.310. The fourth-order valence-corrected chi connectivity index (χ4v) is 5.62. The summed E-state index contributed by atoms with van der Waals surface area (Å²) in [6.45, 7) is 12.4. The van der Waals surface area contributed by atoms with E-state index in [1.165, 1.54) is 28.9 Å². The molecule has 1 saturated heterocycles. The molecular weight excluding hydrogens is 472 g/mol. The number of carbonyl (C=O) groups excluding carboxylic acids is 3. The molecule has 1 aliphatic rings. The third-order valence-electron chi connectivity index (χ3n) is 5.61. The van der Waals surface area contributed by atoms with Gasteiger partial charge in [0.25, 0.3) is 0 Å². The molecule has 0 atom stereocenters. The zero-order chi connectivity index (χ0) is 26.3. The van der Waals surface area contributed by atoms with E-state index in [2.05, 4.69) is 10.4 Å². The van der Waals surface area contributed by atoms with E-state index < -0.39 is 26.9 Å². The maximum absolute atomic E-state index is 13.4. The van der Waals surface area contributed by atoms with E-state index in [1.807, 2.05) is 0 Å². The van der Waals surface area contributed by atoms with Crippen LogP contribution < -0.4 is 10.2 Å². The molecule has 0 radical (unpaired) electrons. The predicted molar refractivity (Wildman–Crippen MR) is 129 cm³/mol. The number of aromatic nitrogens is 2. The van der Waals surface area contributed by atoms with Gasteiger partial charge in [-0.15, -0.1) is 0 Å². The fraction of sp³-hybridized carbons (Fsp3) is 0.500. The number of alkyl carbamates (subject to hydrolysis) is 1. The number of aryl methyl sites for hydroxylation is 1. The van der Waals surface area contributed by atoms with E-state index in [9.17, 15) is 22.8 Å². The molecule has 1 fully saturated rings. The summed E-state index contributed by atoms with van der Waals surface area (Å²) in [5, 5.41) is 6.97. The molecule has 11 heteroatoms. The molecule has 0 spiro atoms. The van der Waals surface area contributed by atoms with Gasteiger partial charge in [-0.3, -0.25) is 19.2 Å². The van der Waals surface area contributed by atoms with Crippen LogP contribution in [0.25, 0.3) is 0 Å². The Labute approximate surface area is 205 Å². The first-order chi connectivity index (χ1) is 16.0. The Bertz CT molecular complexity index is 1270. The molecule has 190 valence electrons. The molecule has 3 rings (SSSR count). The van der Waals surface area contributed by atoms with Crippen molar-refractivity contribution in [3.8, 4) is 0 Å². The van der Waals surface area contributed by atoms with Crippen molar-refractivity contribution in [3.05, 3.63) is 35.7 Å². The van der Waals surface area contributed by atoms with Crippen molar-refractivity contribution in [2.45, 2.75) is 76.8 Å². The molecule has 0 bridgehead atoms. The Kier molecular flexibility index (Phi) is 6.86. The first-order valence-electron chi connectivity index (χ1n) is 11.3. The number of sulfone groups is 1. The maximum Gasteiger partial charge on any atom is 0.407 e. The predicted octanol–water partition coefficient (Wildman–Crippen LogP) is 3.15. The van der Waals surface area contributed by atoms with Crippen LogP contribution in [0.3, 0.4) is 0 Å². The van der Waals surface area contributed by atoms with Crippen LogP contribution in [0.5, 0.6) is 0 Å². The van der Waals surface area contributed by atoms with Gasteiger partial charge in [0.05, 0.1) is 33.9 Å². The molecule has 2 aromatic rings. The molecule has 1 aliphatic heterocycles. The maximum atomic E-state index is 13.4. The third-order valence-corrected chi connectivity index (χ3v) is 7.63. The van der Waals surface area contributed by atoms with Crippen molar-refractivity contribution in [3.63, 3.8) is 0 Å². The summed E-state index contributed by atoms with van der Waals surface area (Å²) in [4.78, 5) is 38.0. The SMILES string of the molecule is Cc1nn(CCNC(=O)OC(C)(C)C)c(C)c1S(=O)(=O)c1ccc(N2C(=O)CC(C)(C)C2=O)cc1. The van der Waals surface area contributed by atoms with Crippen molar-refractivity contribution in [1.29, 1.82) is 0 Å². The van der Waals surface area contributed by atoms with Crippen LogP contribution in [0.4, 0.5) is 10.5 Å². The third kappa shape index (κ3) is 5.39. The number of nitrogens with one attached hydrogen (secondary N) is 1. The molecular formula is C24H32N4O6S. The standard InChI is InChI=1S/C24H32N4O6S/c1-15-20(16(2)27(26-15)13-12-25-22(31)34-23(3,4)5)35(32,33)18-10-8-17(9-11-18)28-19(29)14-24(6,7)21(28)30/h8-11H,12-14H2,1-7H3,(H,25,31). The minimum atomic E-state index is -3.92. The van der Waals surface area contributed by atoms with Crippen LogP contribution in [0.2, 0.25) is 0 Å². The van der Waals surface area contributed by atoms with E-state index in [0.29, 0.717) is 17.1 Å². The average Bonchev–Trinajstić information content (AvgIpc) is 3.11. The van der Waals surface area contributed by atoms with E-state index in [0.717, 1.165) is 4.90 Å². The lowest BCUT2D eigenvalue weighted by Crippen LogP contribution is -2.34. The van der Waals surface area contributed by atoms with Crippen LogP contribution in [0, 0.1) is 19.3 Å². The molecule has 0 aliphatic carbocycles. The van der Waals surface area contributed by atoms with Gasteiger partial charge in [-0.2, -0.15) is 5.10 Å². The van der Waals surface area contributed by atoms with Gasteiger partial charge in [0.1, 0.15) is 10.5 Å². The van der Waals surface area contributed by atoms with Crippen molar-refractivity contribution >= 4 is 33.4 Å². The molecule has 10 nitrogen and oxygen atoms in total. The zero-order valence-corrected chi connectivity index (χ0v) is 21.9. The van der Waals surface area contributed by atoms with E-state index >= 15 is 0 Å². The average molecular weight is 505 g/mol. The second kappa shape index (κ2) is 9.10. The van der Waals surface area contributed by atoms with Crippen LogP contribution in [0.15, 0.2) is 34.1 Å². The Morgan fingerprint density at radius 1 is 1.14 bits per heavy atom. The van der Waals surface area contributed by atoms with Crippen LogP contribution in [0.1, 0.15) is 52.4 Å². The van der Waals surface area contributed by atoms with Gasteiger partial charge < -0.3 is 10.1 Å². The smallest absolute Gasteiger partial charge is 0.407 e. The van der Waals surface area contributed by atoms with E-state index in [4.69, 9.17) is 4.74 Å². The second-order valence-electron chi connectivity index (χ2n) is 10.2. The van der Waals surface area contributed by atoms with Gasteiger partial charge in [-0.25, -0.2) is 13.2 Å². The number of hydrogen-bond donors (Lipinski definition) is 1. The minimum Gasteiger partial charge on any atom is -0.444 e. The summed E-state index contributed by atoms with van der Waals surface area (Å²) in [5.74, 6) is -0.630. The van der Waals surface area contributed by atoms with Gasteiger partial charge in [-0.1, -0.05) is 13.8 Å². The minimum absolute atomic E-state index is 0.0252. The summed E-state index contributed by atoms with van der Waals surface area (Å²) < 4.78 is 33.5. The molecule has 1 N–H and O–H groups in total. The van der Waals surface area contributed by atoms with Gasteiger partial charge in [0, 0.05) is 13.0 Å². The van der Waals surface area contributed by atoms with Gasteiger partial charge >= 0.3 is 6.09 Å². The quantitative estimate of drug-likeness (QED) is 0.599. The number of nitrogens with zero attached hydrogens (tertiary/aromatic N) is 3. The van der Waals surface area contributed by atoms with Crippen molar-refractivity contribution in [2.75, 3.05) is 11.4 Å².